The first-order chi connectivity index (χ1) is 6.79. The van der Waals surface area contributed by atoms with E-state index in [4.69, 9.17) is 0 Å². The average Bonchev–Trinajstić information content (AvgIpc) is 2.63. The summed E-state index contributed by atoms with van der Waals surface area (Å²) in [5, 5.41) is 3.56. The first kappa shape index (κ1) is 12.4. The van der Waals surface area contributed by atoms with Crippen molar-refractivity contribution in [1.82, 2.24) is 5.32 Å². The van der Waals surface area contributed by atoms with Crippen LogP contribution in [0.3, 0.4) is 0 Å². The van der Waals surface area contributed by atoms with Gasteiger partial charge in [0.1, 0.15) is 0 Å². The van der Waals surface area contributed by atoms with Crippen molar-refractivity contribution < 1.29 is 0 Å². The Morgan fingerprint density at radius 1 is 1.36 bits per heavy atom. The standard InChI is InChI=1S/C12H25NS/c1-11(2)7-10-14-9-4-6-12-5-3-8-13-12/h11-13H,3-10H2,1-2H3. The summed E-state index contributed by atoms with van der Waals surface area (Å²) in [6, 6.07) is 0.848. The molecule has 1 fully saturated rings. The number of rotatable bonds is 7. The van der Waals surface area contributed by atoms with Crippen molar-refractivity contribution in [2.45, 2.75) is 52.0 Å². The Balaban J connectivity index is 1.79. The van der Waals surface area contributed by atoms with Gasteiger partial charge >= 0.3 is 0 Å². The van der Waals surface area contributed by atoms with E-state index < -0.39 is 0 Å². The lowest BCUT2D eigenvalue weighted by Crippen LogP contribution is -2.21. The van der Waals surface area contributed by atoms with Gasteiger partial charge in [0.2, 0.25) is 0 Å². The topological polar surface area (TPSA) is 12.0 Å². The molecule has 1 atom stereocenters. The monoisotopic (exact) mass is 215 g/mol. The van der Waals surface area contributed by atoms with Crippen LogP contribution in [0, 0.1) is 5.92 Å². The fourth-order valence-corrected chi connectivity index (χ4v) is 3.07. The molecular formula is C12H25NS. The lowest BCUT2D eigenvalue weighted by molar-refractivity contribution is 0.553. The van der Waals surface area contributed by atoms with Gasteiger partial charge in [0, 0.05) is 6.04 Å². The molecular weight excluding hydrogens is 190 g/mol. The maximum Gasteiger partial charge on any atom is 0.00678 e. The summed E-state index contributed by atoms with van der Waals surface area (Å²) in [5.41, 5.74) is 0. The van der Waals surface area contributed by atoms with Crippen LogP contribution in [-0.2, 0) is 0 Å². The SMILES string of the molecule is CC(C)CCSCCCC1CCCN1. The van der Waals surface area contributed by atoms with Gasteiger partial charge in [0.15, 0.2) is 0 Å². The van der Waals surface area contributed by atoms with Gasteiger partial charge in [0.05, 0.1) is 0 Å². The number of hydrogen-bond acceptors (Lipinski definition) is 2. The quantitative estimate of drug-likeness (QED) is 0.654. The van der Waals surface area contributed by atoms with E-state index in [2.05, 4.69) is 30.9 Å². The van der Waals surface area contributed by atoms with Crippen molar-refractivity contribution in [3.63, 3.8) is 0 Å². The van der Waals surface area contributed by atoms with Crippen LogP contribution in [0.1, 0.15) is 46.0 Å². The second-order valence-electron chi connectivity index (χ2n) is 4.73. The number of hydrogen-bond donors (Lipinski definition) is 1. The fourth-order valence-electron chi connectivity index (χ4n) is 1.86. The molecule has 0 aromatic heterocycles. The van der Waals surface area contributed by atoms with Crippen LogP contribution in [0.15, 0.2) is 0 Å². The normalized spacial score (nSPS) is 22.1. The minimum absolute atomic E-state index is 0.848. The Morgan fingerprint density at radius 2 is 2.21 bits per heavy atom. The van der Waals surface area contributed by atoms with E-state index >= 15 is 0 Å². The molecule has 0 amide bonds. The summed E-state index contributed by atoms with van der Waals surface area (Å²) in [4.78, 5) is 0. The molecule has 1 saturated heterocycles. The third-order valence-corrected chi connectivity index (χ3v) is 3.94. The van der Waals surface area contributed by atoms with Crippen molar-refractivity contribution in [3.05, 3.63) is 0 Å². The van der Waals surface area contributed by atoms with E-state index in [1.54, 1.807) is 0 Å². The molecule has 1 nitrogen and oxygen atoms in total. The van der Waals surface area contributed by atoms with Gasteiger partial charge in [-0.2, -0.15) is 11.8 Å². The van der Waals surface area contributed by atoms with Crippen molar-refractivity contribution in [3.8, 4) is 0 Å². The Morgan fingerprint density at radius 3 is 2.86 bits per heavy atom. The summed E-state index contributed by atoms with van der Waals surface area (Å²) in [6.07, 6.45) is 6.99. The van der Waals surface area contributed by atoms with E-state index in [1.807, 2.05) is 0 Å². The van der Waals surface area contributed by atoms with Gasteiger partial charge in [0.25, 0.3) is 0 Å². The van der Waals surface area contributed by atoms with Crippen molar-refractivity contribution in [2.24, 2.45) is 5.92 Å². The van der Waals surface area contributed by atoms with Crippen molar-refractivity contribution in [1.29, 1.82) is 0 Å². The summed E-state index contributed by atoms with van der Waals surface area (Å²) >= 11 is 2.14. The number of thioether (sulfide) groups is 1. The molecule has 1 rings (SSSR count). The molecule has 0 aromatic rings. The Hall–Kier alpha value is 0.310. The van der Waals surface area contributed by atoms with Crippen LogP contribution < -0.4 is 5.32 Å². The Labute approximate surface area is 93.4 Å². The van der Waals surface area contributed by atoms with Crippen LogP contribution >= 0.6 is 11.8 Å². The van der Waals surface area contributed by atoms with E-state index in [0.29, 0.717) is 0 Å². The van der Waals surface area contributed by atoms with E-state index in [1.165, 1.54) is 50.2 Å². The molecule has 2 heteroatoms. The van der Waals surface area contributed by atoms with Crippen LogP contribution in [-0.4, -0.2) is 24.1 Å². The molecule has 0 bridgehead atoms. The van der Waals surface area contributed by atoms with Crippen LogP contribution in [0.4, 0.5) is 0 Å². The first-order valence-corrected chi connectivity index (χ1v) is 7.25. The van der Waals surface area contributed by atoms with Gasteiger partial charge in [-0.05, 0) is 56.1 Å². The minimum atomic E-state index is 0.848. The van der Waals surface area contributed by atoms with Gasteiger partial charge in [-0.1, -0.05) is 13.8 Å². The molecule has 0 spiro atoms. The molecule has 1 N–H and O–H groups in total. The molecule has 0 aliphatic carbocycles. The largest absolute Gasteiger partial charge is 0.314 e. The maximum absolute atomic E-state index is 3.56. The number of nitrogens with one attached hydrogen (secondary N) is 1. The molecule has 14 heavy (non-hydrogen) atoms. The van der Waals surface area contributed by atoms with Gasteiger partial charge in [-0.25, -0.2) is 0 Å². The van der Waals surface area contributed by atoms with Crippen molar-refractivity contribution >= 4 is 11.8 Å². The zero-order chi connectivity index (χ0) is 10.2. The highest BCUT2D eigenvalue weighted by atomic mass is 32.2. The van der Waals surface area contributed by atoms with Crippen molar-refractivity contribution in [2.75, 3.05) is 18.1 Å². The molecule has 1 heterocycles. The zero-order valence-corrected chi connectivity index (χ0v) is 10.5. The predicted molar refractivity (Wildman–Crippen MR) is 67.0 cm³/mol. The first-order valence-electron chi connectivity index (χ1n) is 6.10. The summed E-state index contributed by atoms with van der Waals surface area (Å²) in [5.74, 6) is 3.60. The van der Waals surface area contributed by atoms with Crippen LogP contribution in [0.5, 0.6) is 0 Å². The lowest BCUT2D eigenvalue weighted by Gasteiger charge is -2.09. The maximum atomic E-state index is 3.56. The smallest absolute Gasteiger partial charge is 0.00678 e. The highest BCUT2D eigenvalue weighted by molar-refractivity contribution is 7.99. The summed E-state index contributed by atoms with van der Waals surface area (Å²) in [6.45, 7) is 5.87. The minimum Gasteiger partial charge on any atom is -0.314 e. The van der Waals surface area contributed by atoms with Gasteiger partial charge in [-0.3, -0.25) is 0 Å². The molecule has 1 unspecified atom stereocenters. The molecule has 84 valence electrons. The van der Waals surface area contributed by atoms with E-state index in [9.17, 15) is 0 Å². The summed E-state index contributed by atoms with van der Waals surface area (Å²) < 4.78 is 0. The average molecular weight is 215 g/mol. The molecule has 0 saturated carbocycles. The molecule has 0 aromatic carbocycles. The fraction of sp³-hybridized carbons (Fsp3) is 1.00. The van der Waals surface area contributed by atoms with Crippen LogP contribution in [0.25, 0.3) is 0 Å². The lowest BCUT2D eigenvalue weighted by atomic mass is 10.1. The van der Waals surface area contributed by atoms with Gasteiger partial charge < -0.3 is 5.32 Å². The Bertz CT molecular complexity index is 130. The van der Waals surface area contributed by atoms with E-state index in [0.717, 1.165) is 12.0 Å². The zero-order valence-electron chi connectivity index (χ0n) is 9.72. The molecule has 1 aliphatic heterocycles. The Kier molecular flexibility index (Phi) is 6.70. The second kappa shape index (κ2) is 7.58. The summed E-state index contributed by atoms with van der Waals surface area (Å²) in [7, 11) is 0. The van der Waals surface area contributed by atoms with E-state index in [-0.39, 0.29) is 0 Å². The predicted octanol–water partition coefficient (Wildman–Crippen LogP) is 3.30. The molecule has 1 aliphatic rings. The highest BCUT2D eigenvalue weighted by Crippen LogP contribution is 2.14. The third-order valence-electron chi connectivity index (χ3n) is 2.84. The van der Waals surface area contributed by atoms with Gasteiger partial charge in [-0.15, -0.1) is 0 Å². The third kappa shape index (κ3) is 5.92. The van der Waals surface area contributed by atoms with Crippen LogP contribution in [0.2, 0.25) is 0 Å². The highest BCUT2D eigenvalue weighted by Gasteiger charge is 2.12. The second-order valence-corrected chi connectivity index (χ2v) is 5.96. The molecule has 0 radical (unpaired) electrons.